The van der Waals surface area contributed by atoms with Gasteiger partial charge in [-0.2, -0.15) is 0 Å². The van der Waals surface area contributed by atoms with Crippen LogP contribution in [0.25, 0.3) is 0 Å². The Morgan fingerprint density at radius 2 is 1.25 bits per heavy atom. The van der Waals surface area contributed by atoms with Crippen molar-refractivity contribution in [1.82, 2.24) is 0 Å². The van der Waals surface area contributed by atoms with E-state index in [-0.39, 0.29) is 35.4 Å². The first kappa shape index (κ1) is 18.5. The molecule has 0 aliphatic carbocycles. The summed E-state index contributed by atoms with van der Waals surface area (Å²) in [4.78, 5) is 1.77. The number of rotatable bonds is 2. The summed E-state index contributed by atoms with van der Waals surface area (Å²) in [7, 11) is 0. The summed E-state index contributed by atoms with van der Waals surface area (Å²) in [6.07, 6.45) is 0. The van der Waals surface area contributed by atoms with Crippen LogP contribution in [0.4, 0.5) is 11.4 Å². The van der Waals surface area contributed by atoms with Crippen LogP contribution >= 0.6 is 0 Å². The van der Waals surface area contributed by atoms with Gasteiger partial charge in [0.2, 0.25) is 0 Å². The van der Waals surface area contributed by atoms with Crippen LogP contribution in [-0.2, 0) is 17.1 Å². The number of nitrogens with two attached hydrogens (primary N) is 1. The summed E-state index contributed by atoms with van der Waals surface area (Å²) in [6, 6.07) is 15.9. The molecule has 2 aromatic rings. The molecule has 0 spiro atoms. The monoisotopic (exact) mass is 337 g/mol. The molecule has 2 rings (SSSR count). The van der Waals surface area contributed by atoms with Gasteiger partial charge in [0.25, 0.3) is 0 Å². The van der Waals surface area contributed by atoms with Crippen LogP contribution in [0.3, 0.4) is 0 Å². The second kappa shape index (κ2) is 7.95. The minimum Gasteiger partial charge on any atom is -1.00 e. The minimum absolute atomic E-state index is 0. The summed E-state index contributed by atoms with van der Waals surface area (Å²) in [5.41, 5.74) is 9.82. The van der Waals surface area contributed by atoms with Crippen LogP contribution < -0.4 is 23.0 Å². The van der Waals surface area contributed by atoms with Crippen molar-refractivity contribution < 1.29 is 29.5 Å². The van der Waals surface area contributed by atoms with Crippen molar-refractivity contribution in [2.75, 3.05) is 4.90 Å². The molecule has 0 unspecified atom stereocenters. The van der Waals surface area contributed by atoms with E-state index < -0.39 is 0 Å². The Balaban J connectivity index is 0.00000180. The maximum Gasteiger partial charge on any atom is 1.00 e. The zero-order chi connectivity index (χ0) is 13.1. The van der Waals surface area contributed by atoms with E-state index in [9.17, 15) is 0 Å². The van der Waals surface area contributed by atoms with E-state index in [1.807, 2.05) is 62.4 Å². The molecule has 0 aromatic heterocycles. The van der Waals surface area contributed by atoms with Gasteiger partial charge in [0.15, 0.2) is 5.96 Å². The van der Waals surface area contributed by atoms with E-state index >= 15 is 0 Å². The van der Waals surface area contributed by atoms with E-state index in [1.54, 1.807) is 4.90 Å². The molecule has 0 saturated carbocycles. The smallest absolute Gasteiger partial charge is 1.00 e. The van der Waals surface area contributed by atoms with Gasteiger partial charge in [-0.3, -0.25) is 10.3 Å². The average Bonchev–Trinajstić information content (AvgIpc) is 2.34. The average molecular weight is 338 g/mol. The molecule has 0 aliphatic rings. The van der Waals surface area contributed by atoms with E-state index in [0.29, 0.717) is 0 Å². The Kier molecular flexibility index (Phi) is 7.36. The third-order valence-corrected chi connectivity index (χ3v) is 2.95. The molecule has 0 radical (unpaired) electrons. The predicted octanol–water partition coefficient (Wildman–Crippen LogP) is 0.337. The fourth-order valence-electron chi connectivity index (χ4n) is 2.02. The largest absolute Gasteiger partial charge is 1.00 e. The van der Waals surface area contributed by atoms with Gasteiger partial charge in [0.1, 0.15) is 0 Å². The van der Waals surface area contributed by atoms with E-state index in [4.69, 9.17) is 11.1 Å². The van der Waals surface area contributed by atoms with Crippen molar-refractivity contribution in [1.29, 1.82) is 5.41 Å². The number of benzene rings is 2. The quantitative estimate of drug-likeness (QED) is 0.471. The molecule has 0 bridgehead atoms. The molecule has 20 heavy (non-hydrogen) atoms. The van der Waals surface area contributed by atoms with Crippen LogP contribution in [0.5, 0.6) is 0 Å². The number of anilines is 2. The standard InChI is InChI=1S/C15H17N3.ClH.Cu/c1-11-7-3-5-9-13(11)18(15(16)17)14-10-6-4-8-12(14)2;;/h3-10H,1-2H3,(H3,16,17);1H;/q;;+1/p-1. The Labute approximate surface area is 136 Å². The number of hydrogen-bond donors (Lipinski definition) is 2. The van der Waals surface area contributed by atoms with Gasteiger partial charge in [-0.1, -0.05) is 36.4 Å². The number of nitrogens with one attached hydrogen (secondary N) is 1. The van der Waals surface area contributed by atoms with Crippen LogP contribution in [0.2, 0.25) is 0 Å². The zero-order valence-electron chi connectivity index (χ0n) is 11.3. The number of hydrogen-bond acceptors (Lipinski definition) is 1. The SMILES string of the molecule is Cc1ccccc1N(C(=N)N)c1ccccc1C.[Cl-].[Cu+]. The third-order valence-electron chi connectivity index (χ3n) is 2.95. The van der Waals surface area contributed by atoms with Gasteiger partial charge in [-0.15, -0.1) is 0 Å². The molecule has 0 atom stereocenters. The first-order valence-electron chi connectivity index (χ1n) is 5.86. The van der Waals surface area contributed by atoms with Gasteiger partial charge >= 0.3 is 17.1 Å². The first-order chi connectivity index (χ1) is 8.61. The van der Waals surface area contributed by atoms with Crippen LogP contribution in [-0.4, -0.2) is 5.96 Å². The summed E-state index contributed by atoms with van der Waals surface area (Å²) < 4.78 is 0. The molecule has 3 N–H and O–H groups in total. The Hall–Kier alpha value is -1.48. The molecule has 110 valence electrons. The van der Waals surface area contributed by atoms with Crippen LogP contribution in [0.1, 0.15) is 11.1 Å². The fraction of sp³-hybridized carbons (Fsp3) is 0.133. The number of para-hydroxylation sites is 2. The second-order valence-electron chi connectivity index (χ2n) is 4.29. The van der Waals surface area contributed by atoms with Crippen LogP contribution in [0.15, 0.2) is 48.5 Å². The van der Waals surface area contributed by atoms with Crippen molar-refractivity contribution in [2.45, 2.75) is 13.8 Å². The molecule has 0 heterocycles. The summed E-state index contributed by atoms with van der Waals surface area (Å²) in [6.45, 7) is 4.03. The third kappa shape index (κ3) is 3.76. The number of nitrogens with zero attached hydrogens (tertiary/aromatic N) is 1. The van der Waals surface area contributed by atoms with E-state index in [2.05, 4.69) is 0 Å². The maximum atomic E-state index is 7.82. The van der Waals surface area contributed by atoms with Crippen LogP contribution in [0, 0.1) is 19.3 Å². The molecule has 5 heteroatoms. The van der Waals surface area contributed by atoms with Crippen molar-refractivity contribution in [3.05, 3.63) is 59.7 Å². The predicted molar refractivity (Wildman–Crippen MR) is 76.4 cm³/mol. The molecule has 0 saturated heterocycles. The van der Waals surface area contributed by atoms with Gasteiger partial charge in [0, 0.05) is 0 Å². The Bertz CT molecular complexity index is 541. The number of guanidine groups is 1. The number of aryl methyl sites for hydroxylation is 2. The minimum atomic E-state index is 0. The van der Waals surface area contributed by atoms with Gasteiger partial charge in [0.05, 0.1) is 11.4 Å². The Morgan fingerprint density at radius 1 is 0.900 bits per heavy atom. The molecular formula is C15H17ClCuN3. The normalized spacial score (nSPS) is 9.10. The summed E-state index contributed by atoms with van der Waals surface area (Å²) in [5, 5.41) is 7.82. The second-order valence-corrected chi connectivity index (χ2v) is 4.29. The topological polar surface area (TPSA) is 53.1 Å². The zero-order valence-corrected chi connectivity index (χ0v) is 13.0. The van der Waals surface area contributed by atoms with Crippen molar-refractivity contribution in [2.24, 2.45) is 5.73 Å². The summed E-state index contributed by atoms with van der Waals surface area (Å²) in [5.74, 6) is 0.0265. The molecule has 0 amide bonds. The number of halogens is 1. The first-order valence-corrected chi connectivity index (χ1v) is 5.86. The maximum absolute atomic E-state index is 7.82. The van der Waals surface area contributed by atoms with Gasteiger partial charge in [-0.05, 0) is 37.1 Å². The van der Waals surface area contributed by atoms with Crippen molar-refractivity contribution >= 4 is 17.3 Å². The van der Waals surface area contributed by atoms with Gasteiger partial charge < -0.3 is 18.1 Å². The molecule has 0 fully saturated rings. The summed E-state index contributed by atoms with van der Waals surface area (Å²) >= 11 is 0. The van der Waals surface area contributed by atoms with Crippen molar-refractivity contribution in [3.63, 3.8) is 0 Å². The van der Waals surface area contributed by atoms with E-state index in [0.717, 1.165) is 22.5 Å². The Morgan fingerprint density at radius 3 is 1.55 bits per heavy atom. The molecule has 3 nitrogen and oxygen atoms in total. The van der Waals surface area contributed by atoms with E-state index in [1.165, 1.54) is 0 Å². The van der Waals surface area contributed by atoms with Crippen molar-refractivity contribution in [3.8, 4) is 0 Å². The molecule has 0 aliphatic heterocycles. The molecule has 2 aromatic carbocycles. The van der Waals surface area contributed by atoms with Gasteiger partial charge in [-0.25, -0.2) is 0 Å². The molecular weight excluding hydrogens is 321 g/mol. The fourth-order valence-corrected chi connectivity index (χ4v) is 2.02.